The van der Waals surface area contributed by atoms with Crippen LogP contribution in [0.3, 0.4) is 0 Å². The molecule has 0 radical (unpaired) electrons. The van der Waals surface area contributed by atoms with E-state index >= 15 is 0 Å². The molecule has 1 atom stereocenters. The van der Waals surface area contributed by atoms with E-state index in [1.165, 1.54) is 0 Å². The molecular weight excluding hydrogens is 270 g/mol. The van der Waals surface area contributed by atoms with Gasteiger partial charge in [-0.2, -0.15) is 0 Å². The molecule has 1 aliphatic heterocycles. The number of hydrogen-bond acceptors (Lipinski definition) is 4. The first kappa shape index (κ1) is 15.5. The SMILES string of the molecule is CCN(C(=O)OC(C)C)C(C)Cc1ccc2c(c1)OCO2. The molecule has 0 spiro atoms. The van der Waals surface area contributed by atoms with Gasteiger partial charge in [0.25, 0.3) is 0 Å². The molecule has 0 aliphatic carbocycles. The second-order valence-electron chi connectivity index (χ2n) is 5.46. The Morgan fingerprint density at radius 2 is 2.00 bits per heavy atom. The zero-order chi connectivity index (χ0) is 15.4. The van der Waals surface area contributed by atoms with E-state index in [1.54, 1.807) is 4.90 Å². The van der Waals surface area contributed by atoms with Crippen molar-refractivity contribution < 1.29 is 19.0 Å². The van der Waals surface area contributed by atoms with Gasteiger partial charge in [0, 0.05) is 12.6 Å². The first-order valence-electron chi connectivity index (χ1n) is 7.37. The van der Waals surface area contributed by atoms with Crippen molar-refractivity contribution >= 4 is 6.09 Å². The second-order valence-corrected chi connectivity index (χ2v) is 5.46. The van der Waals surface area contributed by atoms with E-state index in [-0.39, 0.29) is 25.0 Å². The Morgan fingerprint density at radius 1 is 1.29 bits per heavy atom. The Hall–Kier alpha value is -1.91. The number of rotatable bonds is 5. The number of carbonyl (C=O) groups is 1. The van der Waals surface area contributed by atoms with Crippen molar-refractivity contribution in [2.75, 3.05) is 13.3 Å². The van der Waals surface area contributed by atoms with Crippen LogP contribution in [0.2, 0.25) is 0 Å². The fourth-order valence-corrected chi connectivity index (χ4v) is 2.41. The second kappa shape index (κ2) is 6.70. The van der Waals surface area contributed by atoms with Gasteiger partial charge in [0.1, 0.15) is 0 Å². The molecule has 5 nitrogen and oxygen atoms in total. The summed E-state index contributed by atoms with van der Waals surface area (Å²) < 4.78 is 16.0. The van der Waals surface area contributed by atoms with Crippen LogP contribution in [-0.2, 0) is 11.2 Å². The number of nitrogens with zero attached hydrogens (tertiary/aromatic N) is 1. The standard InChI is InChI=1S/C16H23NO4/c1-5-17(16(18)21-11(2)3)12(4)8-13-6-7-14-15(9-13)20-10-19-14/h6-7,9,11-12H,5,8,10H2,1-4H3. The first-order valence-corrected chi connectivity index (χ1v) is 7.37. The maximum absolute atomic E-state index is 12.1. The highest BCUT2D eigenvalue weighted by Crippen LogP contribution is 2.33. The summed E-state index contributed by atoms with van der Waals surface area (Å²) in [7, 11) is 0. The van der Waals surface area contributed by atoms with Crippen molar-refractivity contribution in [2.45, 2.75) is 46.3 Å². The Morgan fingerprint density at radius 3 is 2.67 bits per heavy atom. The van der Waals surface area contributed by atoms with Crippen molar-refractivity contribution in [3.8, 4) is 11.5 Å². The summed E-state index contributed by atoms with van der Waals surface area (Å²) in [6, 6.07) is 5.95. The fourth-order valence-electron chi connectivity index (χ4n) is 2.41. The smallest absolute Gasteiger partial charge is 0.410 e. The van der Waals surface area contributed by atoms with Crippen molar-refractivity contribution in [1.29, 1.82) is 0 Å². The van der Waals surface area contributed by atoms with E-state index in [2.05, 4.69) is 0 Å². The number of fused-ring (bicyclic) bond motifs is 1. The molecule has 1 heterocycles. The highest BCUT2D eigenvalue weighted by molar-refractivity contribution is 5.68. The number of carbonyl (C=O) groups excluding carboxylic acids is 1. The largest absolute Gasteiger partial charge is 0.454 e. The normalized spacial score (nSPS) is 14.1. The van der Waals surface area contributed by atoms with Crippen LogP contribution >= 0.6 is 0 Å². The van der Waals surface area contributed by atoms with Crippen LogP contribution in [0.5, 0.6) is 11.5 Å². The number of amides is 1. The highest BCUT2D eigenvalue weighted by atomic mass is 16.7. The van der Waals surface area contributed by atoms with Gasteiger partial charge in [-0.25, -0.2) is 4.79 Å². The van der Waals surface area contributed by atoms with Gasteiger partial charge in [-0.1, -0.05) is 6.07 Å². The molecule has 0 fully saturated rings. The van der Waals surface area contributed by atoms with Crippen LogP contribution in [0, 0.1) is 0 Å². The number of ether oxygens (including phenoxy) is 3. The molecule has 0 aromatic heterocycles. The third-order valence-corrected chi connectivity index (χ3v) is 3.41. The molecule has 5 heteroatoms. The zero-order valence-corrected chi connectivity index (χ0v) is 13.1. The molecule has 0 saturated carbocycles. The Labute approximate surface area is 125 Å². The van der Waals surface area contributed by atoms with E-state index in [4.69, 9.17) is 14.2 Å². The molecule has 0 saturated heterocycles. The molecule has 1 aromatic rings. The average Bonchev–Trinajstić information content (AvgIpc) is 2.85. The maximum Gasteiger partial charge on any atom is 0.410 e. The Bertz CT molecular complexity index is 501. The summed E-state index contributed by atoms with van der Waals surface area (Å²) >= 11 is 0. The molecule has 0 N–H and O–H groups in total. The molecule has 1 aliphatic rings. The molecule has 116 valence electrons. The first-order chi connectivity index (χ1) is 10.0. The molecular formula is C16H23NO4. The molecule has 1 aromatic carbocycles. The van der Waals surface area contributed by atoms with Crippen LogP contribution in [0.25, 0.3) is 0 Å². The zero-order valence-electron chi connectivity index (χ0n) is 13.1. The minimum absolute atomic E-state index is 0.0571. The average molecular weight is 293 g/mol. The van der Waals surface area contributed by atoms with Crippen molar-refractivity contribution in [3.05, 3.63) is 23.8 Å². The van der Waals surface area contributed by atoms with Crippen molar-refractivity contribution in [1.82, 2.24) is 4.90 Å². The van der Waals surface area contributed by atoms with Crippen LogP contribution in [0.4, 0.5) is 4.79 Å². The number of hydrogen-bond donors (Lipinski definition) is 0. The van der Waals surface area contributed by atoms with Crippen molar-refractivity contribution in [3.63, 3.8) is 0 Å². The van der Waals surface area contributed by atoms with Gasteiger partial charge in [-0.15, -0.1) is 0 Å². The molecule has 1 amide bonds. The third-order valence-electron chi connectivity index (χ3n) is 3.41. The van der Waals surface area contributed by atoms with Gasteiger partial charge >= 0.3 is 6.09 Å². The van der Waals surface area contributed by atoms with Gasteiger partial charge < -0.3 is 19.1 Å². The summed E-state index contributed by atoms with van der Waals surface area (Å²) in [5.41, 5.74) is 1.11. The molecule has 2 rings (SSSR count). The number of likely N-dealkylation sites (N-methyl/N-ethyl adjacent to an activating group) is 1. The van der Waals surface area contributed by atoms with E-state index < -0.39 is 0 Å². The van der Waals surface area contributed by atoms with Gasteiger partial charge in [0.2, 0.25) is 6.79 Å². The fraction of sp³-hybridized carbons (Fsp3) is 0.562. The van der Waals surface area contributed by atoms with Crippen LogP contribution in [0.1, 0.15) is 33.3 Å². The minimum atomic E-state index is -0.263. The van der Waals surface area contributed by atoms with E-state index in [9.17, 15) is 4.79 Å². The predicted octanol–water partition coefficient (Wildman–Crippen LogP) is 3.21. The van der Waals surface area contributed by atoms with E-state index in [1.807, 2.05) is 45.9 Å². The highest BCUT2D eigenvalue weighted by Gasteiger charge is 2.22. The van der Waals surface area contributed by atoms with Crippen molar-refractivity contribution in [2.24, 2.45) is 0 Å². The minimum Gasteiger partial charge on any atom is -0.454 e. The summed E-state index contributed by atoms with van der Waals surface area (Å²) in [5.74, 6) is 1.55. The quantitative estimate of drug-likeness (QED) is 0.836. The Kier molecular flexibility index (Phi) is 4.94. The van der Waals surface area contributed by atoms with Gasteiger partial charge in [0.05, 0.1) is 6.10 Å². The topological polar surface area (TPSA) is 48.0 Å². The summed E-state index contributed by atoms with van der Waals surface area (Å²) in [6.07, 6.45) is 0.377. The molecule has 21 heavy (non-hydrogen) atoms. The van der Waals surface area contributed by atoms with Crippen LogP contribution in [0.15, 0.2) is 18.2 Å². The lowest BCUT2D eigenvalue weighted by Crippen LogP contribution is -2.40. The predicted molar refractivity (Wildman–Crippen MR) is 79.7 cm³/mol. The summed E-state index contributed by atoms with van der Waals surface area (Å²) in [5, 5.41) is 0. The van der Waals surface area contributed by atoms with Gasteiger partial charge in [-0.05, 0) is 51.8 Å². The lowest BCUT2D eigenvalue weighted by Gasteiger charge is -2.28. The van der Waals surface area contributed by atoms with E-state index in [0.29, 0.717) is 6.54 Å². The molecule has 1 unspecified atom stereocenters. The van der Waals surface area contributed by atoms with Crippen LogP contribution < -0.4 is 9.47 Å². The van der Waals surface area contributed by atoms with Crippen LogP contribution in [-0.4, -0.2) is 36.5 Å². The lowest BCUT2D eigenvalue weighted by molar-refractivity contribution is 0.0674. The van der Waals surface area contributed by atoms with Gasteiger partial charge in [0.15, 0.2) is 11.5 Å². The summed E-state index contributed by atoms with van der Waals surface area (Å²) in [4.78, 5) is 13.8. The van der Waals surface area contributed by atoms with E-state index in [0.717, 1.165) is 23.5 Å². The Balaban J connectivity index is 2.01. The monoisotopic (exact) mass is 293 g/mol. The molecule has 0 bridgehead atoms. The lowest BCUT2D eigenvalue weighted by atomic mass is 10.1. The van der Waals surface area contributed by atoms with Gasteiger partial charge in [-0.3, -0.25) is 0 Å². The third kappa shape index (κ3) is 3.80. The maximum atomic E-state index is 12.1. The summed E-state index contributed by atoms with van der Waals surface area (Å²) in [6.45, 7) is 8.59. The number of benzene rings is 1.